The average Bonchev–Trinajstić information content (AvgIpc) is 3.20. The molecule has 11 heteroatoms. The zero-order chi connectivity index (χ0) is 21.8. The number of nitrogens with zero attached hydrogens (tertiary/aromatic N) is 2. The minimum absolute atomic E-state index is 0. The van der Waals surface area contributed by atoms with Gasteiger partial charge in [-0.05, 0) is 25.0 Å². The van der Waals surface area contributed by atoms with Gasteiger partial charge in [-0.25, -0.2) is 9.98 Å². The van der Waals surface area contributed by atoms with E-state index in [1.165, 1.54) is 0 Å². The fourth-order valence-corrected chi connectivity index (χ4v) is 3.20. The van der Waals surface area contributed by atoms with Crippen LogP contribution in [0.1, 0.15) is 35.7 Å². The predicted octanol–water partition coefficient (Wildman–Crippen LogP) is 4.59. The number of aliphatic imine (C=N–C) groups is 1. The fourth-order valence-electron chi connectivity index (χ4n) is 2.46. The Morgan fingerprint density at radius 2 is 1.87 bits per heavy atom. The lowest BCUT2D eigenvalue weighted by molar-refractivity contribution is -0.140. The molecule has 0 saturated heterocycles. The number of alkyl halides is 3. The average molecular weight is 572 g/mol. The van der Waals surface area contributed by atoms with Gasteiger partial charge in [-0.1, -0.05) is 24.3 Å². The summed E-state index contributed by atoms with van der Waals surface area (Å²) >= 11 is 0.966. The third-order valence-electron chi connectivity index (χ3n) is 3.85. The van der Waals surface area contributed by atoms with Gasteiger partial charge < -0.3 is 20.1 Å². The van der Waals surface area contributed by atoms with Crippen molar-refractivity contribution < 1.29 is 22.6 Å². The maximum atomic E-state index is 12.7. The Bertz CT molecular complexity index is 803. The maximum Gasteiger partial charge on any atom is 0.434 e. The highest BCUT2D eigenvalue weighted by atomic mass is 127. The second kappa shape index (κ2) is 14.6. The van der Waals surface area contributed by atoms with E-state index in [1.54, 1.807) is 0 Å². The molecular formula is C20H28F3IN4O2S. The zero-order valence-electron chi connectivity index (χ0n) is 17.5. The number of ether oxygens (including phenoxy) is 2. The van der Waals surface area contributed by atoms with Gasteiger partial charge in [0.05, 0.1) is 32.9 Å². The molecule has 0 aliphatic rings. The molecule has 2 N–H and O–H groups in total. The molecule has 1 aromatic carbocycles. The number of guanidine groups is 1. The summed E-state index contributed by atoms with van der Waals surface area (Å²) in [5.41, 5.74) is 1.18. The topological polar surface area (TPSA) is 67.8 Å². The molecule has 0 bridgehead atoms. The first-order chi connectivity index (χ1) is 14.4. The molecule has 1 aromatic heterocycles. The number of halogens is 4. The summed E-state index contributed by atoms with van der Waals surface area (Å²) in [6.07, 6.45) is -4.43. The summed E-state index contributed by atoms with van der Waals surface area (Å²) in [5, 5.41) is 7.47. The molecule has 0 radical (unpaired) electrons. The Morgan fingerprint density at radius 3 is 2.55 bits per heavy atom. The molecule has 31 heavy (non-hydrogen) atoms. The standard InChI is InChI=1S/C20H27F3N4O2S.HI/c1-3-24-19(26-12-18-27-17(14-30-18)20(21,22)23)25-11-15-6-5-7-16(10-15)13-29-9-8-28-4-2;/h5-7,10,14H,3-4,8-9,11-13H2,1-2H3,(H2,24,25,26);1H. The van der Waals surface area contributed by atoms with Crippen LogP contribution in [0, 0.1) is 0 Å². The van der Waals surface area contributed by atoms with Gasteiger partial charge in [0.1, 0.15) is 5.01 Å². The van der Waals surface area contributed by atoms with E-state index in [-0.39, 0.29) is 30.5 Å². The van der Waals surface area contributed by atoms with Gasteiger partial charge in [0.25, 0.3) is 0 Å². The van der Waals surface area contributed by atoms with Gasteiger partial charge in [-0.2, -0.15) is 13.2 Å². The van der Waals surface area contributed by atoms with Crippen LogP contribution in [0.15, 0.2) is 34.6 Å². The van der Waals surface area contributed by atoms with Crippen molar-refractivity contribution in [2.45, 2.75) is 39.7 Å². The van der Waals surface area contributed by atoms with Crippen molar-refractivity contribution in [3.05, 3.63) is 51.5 Å². The normalized spacial score (nSPS) is 11.8. The van der Waals surface area contributed by atoms with Gasteiger partial charge in [0.2, 0.25) is 0 Å². The SMILES string of the molecule is CCNC(=NCc1cccc(COCCOCC)c1)NCc1nc(C(F)(F)F)cs1.I. The molecule has 1 heterocycles. The van der Waals surface area contributed by atoms with Gasteiger partial charge in [0, 0.05) is 18.5 Å². The van der Waals surface area contributed by atoms with Crippen molar-refractivity contribution in [2.24, 2.45) is 4.99 Å². The molecule has 0 unspecified atom stereocenters. The smallest absolute Gasteiger partial charge is 0.379 e. The van der Waals surface area contributed by atoms with Crippen molar-refractivity contribution in [3.63, 3.8) is 0 Å². The van der Waals surface area contributed by atoms with Crippen molar-refractivity contribution in [1.29, 1.82) is 0 Å². The van der Waals surface area contributed by atoms with E-state index in [0.29, 0.717) is 50.5 Å². The van der Waals surface area contributed by atoms with E-state index in [9.17, 15) is 13.2 Å². The third-order valence-corrected chi connectivity index (χ3v) is 4.70. The first kappa shape index (κ1) is 27.6. The summed E-state index contributed by atoms with van der Waals surface area (Å²) in [4.78, 5) is 8.12. The van der Waals surface area contributed by atoms with E-state index < -0.39 is 11.9 Å². The number of hydrogen-bond acceptors (Lipinski definition) is 5. The Morgan fingerprint density at radius 1 is 1.13 bits per heavy atom. The molecular weight excluding hydrogens is 544 g/mol. The van der Waals surface area contributed by atoms with E-state index in [0.717, 1.165) is 27.8 Å². The van der Waals surface area contributed by atoms with Crippen LogP contribution in [0.25, 0.3) is 0 Å². The predicted molar refractivity (Wildman–Crippen MR) is 127 cm³/mol. The summed E-state index contributed by atoms with van der Waals surface area (Å²) in [6.45, 7) is 7.36. The number of nitrogens with one attached hydrogen (secondary N) is 2. The molecule has 2 aromatic rings. The molecule has 0 aliphatic heterocycles. The van der Waals surface area contributed by atoms with Crippen LogP contribution in [-0.4, -0.2) is 37.3 Å². The molecule has 0 saturated carbocycles. The highest BCUT2D eigenvalue weighted by molar-refractivity contribution is 14.0. The Labute approximate surface area is 201 Å². The van der Waals surface area contributed by atoms with Crippen LogP contribution in [-0.2, 0) is 35.3 Å². The minimum Gasteiger partial charge on any atom is -0.379 e. The maximum absolute atomic E-state index is 12.7. The van der Waals surface area contributed by atoms with Crippen LogP contribution < -0.4 is 10.6 Å². The molecule has 0 amide bonds. The highest BCUT2D eigenvalue weighted by Gasteiger charge is 2.33. The molecule has 6 nitrogen and oxygen atoms in total. The van der Waals surface area contributed by atoms with E-state index in [2.05, 4.69) is 20.6 Å². The van der Waals surface area contributed by atoms with Crippen LogP contribution in [0.3, 0.4) is 0 Å². The second-order valence-electron chi connectivity index (χ2n) is 6.24. The number of rotatable bonds is 11. The van der Waals surface area contributed by atoms with Crippen molar-refractivity contribution in [2.75, 3.05) is 26.4 Å². The Balaban J connectivity index is 0.00000480. The molecule has 0 atom stereocenters. The van der Waals surface area contributed by atoms with Crippen molar-refractivity contribution in [1.82, 2.24) is 15.6 Å². The first-order valence-corrected chi connectivity index (χ1v) is 10.6. The highest BCUT2D eigenvalue weighted by Crippen LogP contribution is 2.29. The molecule has 2 rings (SSSR count). The van der Waals surface area contributed by atoms with Gasteiger partial charge in [-0.15, -0.1) is 35.3 Å². The van der Waals surface area contributed by atoms with Crippen LogP contribution in [0.4, 0.5) is 13.2 Å². The lowest BCUT2D eigenvalue weighted by Crippen LogP contribution is -2.36. The minimum atomic E-state index is -4.43. The summed E-state index contributed by atoms with van der Waals surface area (Å²) in [5.74, 6) is 0.514. The third kappa shape index (κ3) is 10.6. The number of benzene rings is 1. The molecule has 0 fully saturated rings. The molecule has 174 valence electrons. The number of hydrogen-bond donors (Lipinski definition) is 2. The Kier molecular flexibility index (Phi) is 13.0. The van der Waals surface area contributed by atoms with Gasteiger partial charge in [-0.3, -0.25) is 0 Å². The summed E-state index contributed by atoms with van der Waals surface area (Å²) < 4.78 is 48.8. The Hall–Kier alpha value is -1.44. The van der Waals surface area contributed by atoms with Crippen molar-refractivity contribution in [3.8, 4) is 0 Å². The summed E-state index contributed by atoms with van der Waals surface area (Å²) in [7, 11) is 0. The van der Waals surface area contributed by atoms with Crippen LogP contribution in [0.5, 0.6) is 0 Å². The monoisotopic (exact) mass is 572 g/mol. The fraction of sp³-hybridized carbons (Fsp3) is 0.500. The summed E-state index contributed by atoms with van der Waals surface area (Å²) in [6, 6.07) is 7.91. The first-order valence-electron chi connectivity index (χ1n) is 9.69. The quantitative estimate of drug-likeness (QED) is 0.179. The largest absolute Gasteiger partial charge is 0.434 e. The van der Waals surface area contributed by atoms with E-state index in [1.807, 2.05) is 38.1 Å². The lowest BCUT2D eigenvalue weighted by atomic mass is 10.1. The lowest BCUT2D eigenvalue weighted by Gasteiger charge is -2.10. The van der Waals surface area contributed by atoms with Crippen LogP contribution >= 0.6 is 35.3 Å². The van der Waals surface area contributed by atoms with Crippen LogP contribution in [0.2, 0.25) is 0 Å². The van der Waals surface area contributed by atoms with E-state index in [4.69, 9.17) is 9.47 Å². The number of thiazole rings is 1. The van der Waals surface area contributed by atoms with Gasteiger partial charge in [0.15, 0.2) is 11.7 Å². The zero-order valence-corrected chi connectivity index (χ0v) is 20.6. The molecule has 0 aliphatic carbocycles. The van der Waals surface area contributed by atoms with Gasteiger partial charge >= 0.3 is 6.18 Å². The molecule has 0 spiro atoms. The van der Waals surface area contributed by atoms with Crippen molar-refractivity contribution >= 4 is 41.3 Å². The van der Waals surface area contributed by atoms with E-state index >= 15 is 0 Å². The number of aromatic nitrogens is 1. The second-order valence-corrected chi connectivity index (χ2v) is 7.19.